The van der Waals surface area contributed by atoms with Crippen molar-refractivity contribution in [1.82, 2.24) is 14.1 Å². The molecule has 0 spiro atoms. The molecule has 2 N–H and O–H groups in total. The fourth-order valence-electron chi connectivity index (χ4n) is 3.37. The molecule has 0 fully saturated rings. The molecule has 0 unspecified atom stereocenters. The first kappa shape index (κ1) is 19.5. The lowest BCUT2D eigenvalue weighted by Crippen LogP contribution is -2.16. The first-order valence-electron chi connectivity index (χ1n) is 8.82. The van der Waals surface area contributed by atoms with E-state index in [9.17, 15) is 18.7 Å². The zero-order chi connectivity index (χ0) is 20.7. The lowest BCUT2D eigenvalue weighted by Gasteiger charge is -2.12. The summed E-state index contributed by atoms with van der Waals surface area (Å²) in [5.41, 5.74) is 0.975. The van der Waals surface area contributed by atoms with E-state index in [2.05, 4.69) is 10.3 Å². The van der Waals surface area contributed by atoms with Crippen LogP contribution in [0.5, 0.6) is 5.88 Å². The van der Waals surface area contributed by atoms with Crippen molar-refractivity contribution in [2.24, 2.45) is 0 Å². The molecule has 29 heavy (non-hydrogen) atoms. The predicted octanol–water partition coefficient (Wildman–Crippen LogP) is 4.63. The third kappa shape index (κ3) is 3.51. The van der Waals surface area contributed by atoms with Crippen LogP contribution in [0.25, 0.3) is 5.69 Å². The lowest BCUT2D eigenvalue weighted by atomic mass is 10.1. The number of imidazole rings is 1. The predicted molar refractivity (Wildman–Crippen MR) is 106 cm³/mol. The third-order valence-electron chi connectivity index (χ3n) is 4.73. The van der Waals surface area contributed by atoms with Crippen molar-refractivity contribution in [3.8, 4) is 11.6 Å². The number of aromatic hydroxyl groups is 1. The summed E-state index contributed by atoms with van der Waals surface area (Å²) in [6, 6.07) is 5.16. The number of rotatable bonds is 3. The lowest BCUT2D eigenvalue weighted by molar-refractivity contribution is 0.101. The minimum atomic E-state index is -1.07. The molecule has 0 bridgehead atoms. The van der Waals surface area contributed by atoms with Gasteiger partial charge < -0.3 is 15.0 Å². The van der Waals surface area contributed by atoms with Gasteiger partial charge in [0.25, 0.3) is 5.91 Å². The number of hydrogen-bond acceptors (Lipinski definition) is 4. The summed E-state index contributed by atoms with van der Waals surface area (Å²) in [6.45, 7) is 0.733. The van der Waals surface area contributed by atoms with Gasteiger partial charge in [0.2, 0.25) is 5.88 Å². The molecule has 3 aromatic rings. The van der Waals surface area contributed by atoms with Crippen LogP contribution >= 0.6 is 23.8 Å². The van der Waals surface area contributed by atoms with E-state index in [0.29, 0.717) is 16.5 Å². The minimum Gasteiger partial charge on any atom is -0.493 e. The van der Waals surface area contributed by atoms with Crippen LogP contribution in [-0.4, -0.2) is 25.1 Å². The highest BCUT2D eigenvalue weighted by atomic mass is 35.5. The zero-order valence-corrected chi connectivity index (χ0v) is 16.5. The normalized spacial score (nSPS) is 13.2. The van der Waals surface area contributed by atoms with Gasteiger partial charge in [-0.3, -0.25) is 9.36 Å². The summed E-state index contributed by atoms with van der Waals surface area (Å²) in [7, 11) is 0. The number of carbonyl (C=O) groups is 1. The molecule has 1 aliphatic heterocycles. The molecule has 1 aliphatic rings. The first-order valence-corrected chi connectivity index (χ1v) is 9.61. The van der Waals surface area contributed by atoms with Gasteiger partial charge in [-0.25, -0.2) is 13.8 Å². The summed E-state index contributed by atoms with van der Waals surface area (Å²) in [6.07, 6.45) is 3.44. The van der Waals surface area contributed by atoms with E-state index >= 15 is 0 Å². The number of nitrogens with one attached hydrogen (secondary N) is 1. The average Bonchev–Trinajstić information content (AvgIpc) is 2.93. The number of benzene rings is 1. The summed E-state index contributed by atoms with van der Waals surface area (Å²) in [5.74, 6) is -2.74. The molecular formula is C19H15ClF2N4O2S. The van der Waals surface area contributed by atoms with Crippen LogP contribution in [0.2, 0.25) is 5.02 Å². The molecule has 6 nitrogen and oxygen atoms in total. The van der Waals surface area contributed by atoms with Gasteiger partial charge in [-0.1, -0.05) is 11.6 Å². The van der Waals surface area contributed by atoms with Crippen molar-refractivity contribution in [2.75, 3.05) is 5.32 Å². The molecule has 0 saturated carbocycles. The Morgan fingerprint density at radius 3 is 2.76 bits per heavy atom. The third-order valence-corrected chi connectivity index (χ3v) is 5.44. The number of halogens is 3. The smallest absolute Gasteiger partial charge is 0.277 e. The summed E-state index contributed by atoms with van der Waals surface area (Å²) in [4.78, 5) is 15.7. The summed E-state index contributed by atoms with van der Waals surface area (Å²) in [5, 5.41) is 13.3. The standard InChI is InChI=1S/C19H15ClF2N4O2S/c20-12-8-11(24-17(27)16-13(22)7-10(21)9-23-16)4-5-14(12)26-18(28)15-3-1-2-6-25(15)19(26)29/h4-5,7-9,28H,1-3,6H2,(H,24,27). The number of hydrogen-bond donors (Lipinski definition) is 2. The van der Waals surface area contributed by atoms with Gasteiger partial charge in [0.1, 0.15) is 5.82 Å². The monoisotopic (exact) mass is 436 g/mol. The first-order chi connectivity index (χ1) is 13.9. The van der Waals surface area contributed by atoms with Gasteiger partial charge in [0.15, 0.2) is 16.3 Å². The quantitative estimate of drug-likeness (QED) is 0.587. The van der Waals surface area contributed by atoms with E-state index < -0.39 is 23.2 Å². The average molecular weight is 437 g/mol. The Balaban J connectivity index is 1.65. The van der Waals surface area contributed by atoms with Gasteiger partial charge in [0.05, 0.1) is 22.6 Å². The SMILES string of the molecule is O=C(Nc1ccc(-n2c(O)c3n(c2=S)CCCC3)c(Cl)c1)c1ncc(F)cc1F. The number of aromatic nitrogens is 3. The van der Waals surface area contributed by atoms with E-state index in [-0.39, 0.29) is 16.6 Å². The van der Waals surface area contributed by atoms with Crippen LogP contribution in [0.4, 0.5) is 14.5 Å². The number of nitrogens with zero attached hydrogens (tertiary/aromatic N) is 3. The van der Waals surface area contributed by atoms with Crippen molar-refractivity contribution >= 4 is 35.4 Å². The van der Waals surface area contributed by atoms with E-state index in [4.69, 9.17) is 23.8 Å². The Morgan fingerprint density at radius 1 is 1.28 bits per heavy atom. The van der Waals surface area contributed by atoms with Crippen LogP contribution in [0, 0.1) is 16.4 Å². The highest BCUT2D eigenvalue weighted by Gasteiger charge is 2.22. The number of amides is 1. The number of pyridine rings is 1. The molecule has 3 heterocycles. The molecule has 0 atom stereocenters. The summed E-state index contributed by atoms with van der Waals surface area (Å²) >= 11 is 11.9. The maximum atomic E-state index is 13.7. The highest BCUT2D eigenvalue weighted by Crippen LogP contribution is 2.33. The van der Waals surface area contributed by atoms with Crippen molar-refractivity contribution in [2.45, 2.75) is 25.8 Å². The number of carbonyl (C=O) groups excluding carboxylic acids is 1. The fourth-order valence-corrected chi connectivity index (χ4v) is 4.02. The van der Waals surface area contributed by atoms with Crippen LogP contribution in [0.1, 0.15) is 29.0 Å². The van der Waals surface area contributed by atoms with Crippen molar-refractivity contribution in [3.63, 3.8) is 0 Å². The van der Waals surface area contributed by atoms with Crippen LogP contribution in [-0.2, 0) is 13.0 Å². The largest absolute Gasteiger partial charge is 0.493 e. The van der Waals surface area contributed by atoms with Gasteiger partial charge in [0, 0.05) is 18.3 Å². The minimum absolute atomic E-state index is 0.0472. The molecule has 0 aliphatic carbocycles. The second-order valence-corrected chi connectivity index (χ2v) is 7.37. The van der Waals surface area contributed by atoms with Gasteiger partial charge in [-0.05, 0) is 49.7 Å². The van der Waals surface area contributed by atoms with Gasteiger partial charge in [-0.15, -0.1) is 0 Å². The van der Waals surface area contributed by atoms with Crippen molar-refractivity contribution < 1.29 is 18.7 Å². The van der Waals surface area contributed by atoms with E-state index in [1.54, 1.807) is 12.1 Å². The second kappa shape index (κ2) is 7.57. The summed E-state index contributed by atoms with van der Waals surface area (Å²) < 4.78 is 30.5. The second-order valence-electron chi connectivity index (χ2n) is 6.60. The molecule has 4 rings (SSSR count). The maximum absolute atomic E-state index is 13.7. The molecule has 1 aromatic carbocycles. The van der Waals surface area contributed by atoms with Crippen LogP contribution in [0.15, 0.2) is 30.5 Å². The maximum Gasteiger partial charge on any atom is 0.277 e. The molecule has 10 heteroatoms. The van der Waals surface area contributed by atoms with E-state index in [1.807, 2.05) is 4.57 Å². The highest BCUT2D eigenvalue weighted by molar-refractivity contribution is 7.71. The van der Waals surface area contributed by atoms with Gasteiger partial charge >= 0.3 is 0 Å². The van der Waals surface area contributed by atoms with Crippen LogP contribution < -0.4 is 5.32 Å². The molecule has 2 aromatic heterocycles. The van der Waals surface area contributed by atoms with Gasteiger partial charge in [-0.2, -0.15) is 0 Å². The Kier molecular flexibility index (Phi) is 5.10. The van der Waals surface area contributed by atoms with Crippen LogP contribution in [0.3, 0.4) is 0 Å². The Bertz CT molecular complexity index is 1190. The molecule has 0 radical (unpaired) electrons. The topological polar surface area (TPSA) is 72.1 Å². The zero-order valence-electron chi connectivity index (χ0n) is 15.0. The van der Waals surface area contributed by atoms with E-state index in [0.717, 1.165) is 37.7 Å². The fraction of sp³-hybridized carbons (Fsp3) is 0.211. The molecule has 150 valence electrons. The number of anilines is 1. The molecule has 0 saturated heterocycles. The van der Waals surface area contributed by atoms with Crippen molar-refractivity contribution in [1.29, 1.82) is 0 Å². The Labute approximate surface area is 174 Å². The van der Waals surface area contributed by atoms with E-state index in [1.165, 1.54) is 10.6 Å². The van der Waals surface area contributed by atoms with Crippen molar-refractivity contribution in [3.05, 3.63) is 63.3 Å². The Hall–Kier alpha value is -2.78. The molecular weight excluding hydrogens is 422 g/mol. The molecule has 1 amide bonds. The number of fused-ring (bicyclic) bond motifs is 1. The Morgan fingerprint density at radius 2 is 2.07 bits per heavy atom.